The lowest BCUT2D eigenvalue weighted by Gasteiger charge is -2.28. The topological polar surface area (TPSA) is 98.6 Å². The molecule has 1 aromatic heterocycles. The predicted octanol–water partition coefficient (Wildman–Crippen LogP) is 2.71. The number of imidazole rings is 1. The molecule has 1 unspecified atom stereocenters. The number of amides is 1. The van der Waals surface area contributed by atoms with Gasteiger partial charge in [0.1, 0.15) is 5.82 Å². The third kappa shape index (κ3) is 5.69. The molecular weight excluding hydrogens is 457 g/mol. The molecule has 1 amide bonds. The number of thioether (sulfide) groups is 1. The fourth-order valence-electron chi connectivity index (χ4n) is 3.61. The second kappa shape index (κ2) is 10.5. The van der Waals surface area contributed by atoms with Crippen LogP contribution in [-0.4, -0.2) is 71.7 Å². The van der Waals surface area contributed by atoms with Crippen LogP contribution in [0.15, 0.2) is 35.6 Å². The molecule has 0 N–H and O–H groups in total. The van der Waals surface area contributed by atoms with E-state index in [-0.39, 0.29) is 17.2 Å². The van der Waals surface area contributed by atoms with Gasteiger partial charge in [0, 0.05) is 18.3 Å². The first kappa shape index (κ1) is 24.2. The second-order valence-electron chi connectivity index (χ2n) is 7.52. The fraction of sp³-hybridized carbons (Fsp3) is 0.476. The van der Waals surface area contributed by atoms with Gasteiger partial charge in [-0.3, -0.25) is 9.36 Å². The van der Waals surface area contributed by atoms with Crippen LogP contribution >= 0.6 is 11.8 Å². The number of carbonyl (C=O) groups excluding carboxylic acids is 2. The monoisotopic (exact) mass is 483 g/mol. The highest BCUT2D eigenvalue weighted by Crippen LogP contribution is 2.23. The third-order valence-electron chi connectivity index (χ3n) is 5.25. The van der Waals surface area contributed by atoms with Crippen molar-refractivity contribution in [1.29, 1.82) is 0 Å². The average molecular weight is 484 g/mol. The van der Waals surface area contributed by atoms with Gasteiger partial charge in [-0.15, -0.1) is 0 Å². The van der Waals surface area contributed by atoms with Crippen LogP contribution < -0.4 is 0 Å². The van der Waals surface area contributed by atoms with Gasteiger partial charge >= 0.3 is 5.97 Å². The van der Waals surface area contributed by atoms with E-state index >= 15 is 0 Å². The molecule has 1 fully saturated rings. The minimum absolute atomic E-state index is 0.0572. The number of halogens is 1. The summed E-state index contributed by atoms with van der Waals surface area (Å²) < 4.78 is 43.9. The summed E-state index contributed by atoms with van der Waals surface area (Å²) in [6.07, 6.45) is 5.10. The number of sulfone groups is 1. The zero-order valence-corrected chi connectivity index (χ0v) is 19.6. The quantitative estimate of drug-likeness (QED) is 0.399. The molecule has 174 valence electrons. The van der Waals surface area contributed by atoms with Crippen molar-refractivity contribution in [2.24, 2.45) is 0 Å². The van der Waals surface area contributed by atoms with Crippen LogP contribution in [0.3, 0.4) is 0 Å². The average Bonchev–Trinajstić information content (AvgIpc) is 3.35. The number of esters is 1. The van der Waals surface area contributed by atoms with Crippen molar-refractivity contribution < 1.29 is 27.1 Å². The Morgan fingerprint density at radius 1 is 1.31 bits per heavy atom. The maximum Gasteiger partial charge on any atom is 0.357 e. The third-order valence-corrected chi connectivity index (χ3v) is 7.66. The highest BCUT2D eigenvalue weighted by Gasteiger charge is 2.34. The van der Waals surface area contributed by atoms with Crippen LogP contribution in [-0.2, 0) is 19.4 Å². The molecule has 1 aromatic carbocycles. The highest BCUT2D eigenvalue weighted by molar-refractivity contribution is 7.98. The van der Waals surface area contributed by atoms with Gasteiger partial charge in [0.25, 0.3) is 5.91 Å². The van der Waals surface area contributed by atoms with Crippen LogP contribution in [0.1, 0.15) is 36.7 Å². The zero-order chi connectivity index (χ0) is 23.3. The van der Waals surface area contributed by atoms with E-state index in [4.69, 9.17) is 4.74 Å². The summed E-state index contributed by atoms with van der Waals surface area (Å²) in [6, 6.07) is 5.20. The zero-order valence-electron chi connectivity index (χ0n) is 18.0. The smallest absolute Gasteiger partial charge is 0.357 e. The number of nitrogens with zero attached hydrogens (tertiary/aromatic N) is 3. The van der Waals surface area contributed by atoms with E-state index in [0.29, 0.717) is 23.8 Å². The Labute approximate surface area is 191 Å². The Hall–Kier alpha value is -2.40. The Morgan fingerprint density at radius 3 is 2.62 bits per heavy atom. The molecule has 1 atom stereocenters. The lowest BCUT2D eigenvalue weighted by molar-refractivity contribution is -0.136. The van der Waals surface area contributed by atoms with Gasteiger partial charge in [0.2, 0.25) is 0 Å². The molecule has 1 aliphatic rings. The maximum atomic E-state index is 13.3. The number of ether oxygens (including phenoxy) is 1. The van der Waals surface area contributed by atoms with Gasteiger partial charge in [0.15, 0.2) is 27.3 Å². The molecule has 2 heterocycles. The molecule has 0 radical (unpaired) electrons. The van der Waals surface area contributed by atoms with E-state index in [1.54, 1.807) is 6.26 Å². The van der Waals surface area contributed by atoms with Crippen LogP contribution in [0.4, 0.5) is 4.39 Å². The first-order valence-corrected chi connectivity index (χ1v) is 13.3. The molecule has 2 aromatic rings. The van der Waals surface area contributed by atoms with Gasteiger partial charge in [-0.2, -0.15) is 0 Å². The Kier molecular flexibility index (Phi) is 7.94. The molecule has 8 nitrogen and oxygen atoms in total. The number of benzene rings is 1. The van der Waals surface area contributed by atoms with Crippen molar-refractivity contribution in [3.8, 4) is 5.69 Å². The van der Waals surface area contributed by atoms with E-state index < -0.39 is 40.2 Å². The summed E-state index contributed by atoms with van der Waals surface area (Å²) in [4.78, 5) is 31.3. The molecule has 1 saturated heterocycles. The van der Waals surface area contributed by atoms with E-state index in [2.05, 4.69) is 4.98 Å². The van der Waals surface area contributed by atoms with Crippen molar-refractivity contribution in [3.05, 3.63) is 42.0 Å². The summed E-state index contributed by atoms with van der Waals surface area (Å²) >= 11 is 1.31. The van der Waals surface area contributed by atoms with E-state index in [1.807, 2.05) is 6.92 Å². The molecule has 0 aliphatic carbocycles. The van der Waals surface area contributed by atoms with Crippen molar-refractivity contribution in [3.63, 3.8) is 0 Å². The number of carbonyl (C=O) groups is 2. The summed E-state index contributed by atoms with van der Waals surface area (Å²) in [7, 11) is -3.16. The summed E-state index contributed by atoms with van der Waals surface area (Å²) in [5.41, 5.74) is 0.643. The summed E-state index contributed by atoms with van der Waals surface area (Å²) in [5.74, 6) is -1.58. The first-order valence-electron chi connectivity index (χ1n) is 10.3. The van der Waals surface area contributed by atoms with Gasteiger partial charge < -0.3 is 9.64 Å². The Balaban J connectivity index is 1.73. The van der Waals surface area contributed by atoms with Crippen LogP contribution in [0.5, 0.6) is 0 Å². The van der Waals surface area contributed by atoms with Crippen LogP contribution in [0.2, 0.25) is 0 Å². The minimum Gasteiger partial charge on any atom is -0.451 e. The fourth-order valence-corrected chi connectivity index (χ4v) is 5.88. The molecule has 0 saturated carbocycles. The number of unbranched alkanes of at least 4 members (excludes halogenated alkanes) is 1. The lowest BCUT2D eigenvalue weighted by Crippen LogP contribution is -2.44. The summed E-state index contributed by atoms with van der Waals surface area (Å²) in [6.45, 7) is 1.90. The standard InChI is InChI=1S/C21H26FN3O5S2/c1-3-4-10-24(17-9-11-32(28,29)14-17)19(26)13-30-20(27)18-12-23-21(31-2)25(18)16-7-5-15(22)6-8-16/h5-8,12,17H,3-4,9-11,13-14H2,1-2H3. The normalized spacial score (nSPS) is 17.3. The van der Waals surface area contributed by atoms with Crippen LogP contribution in [0.25, 0.3) is 5.69 Å². The Bertz CT molecular complexity index is 1070. The largest absolute Gasteiger partial charge is 0.451 e. The van der Waals surface area contributed by atoms with Gasteiger partial charge in [0.05, 0.1) is 17.7 Å². The SMILES string of the molecule is CCCCN(C(=O)COC(=O)c1cnc(SC)n1-c1ccc(F)cc1)C1CCS(=O)(=O)C1. The maximum absolute atomic E-state index is 13.3. The van der Waals surface area contributed by atoms with Crippen molar-refractivity contribution in [2.75, 3.05) is 30.9 Å². The predicted molar refractivity (Wildman–Crippen MR) is 119 cm³/mol. The van der Waals surface area contributed by atoms with Gasteiger partial charge in [-0.05, 0) is 43.4 Å². The molecule has 3 rings (SSSR count). The molecule has 11 heteroatoms. The number of hydrogen-bond donors (Lipinski definition) is 0. The first-order chi connectivity index (χ1) is 15.3. The molecule has 32 heavy (non-hydrogen) atoms. The van der Waals surface area contributed by atoms with Gasteiger partial charge in [-0.1, -0.05) is 25.1 Å². The minimum atomic E-state index is -3.16. The lowest BCUT2D eigenvalue weighted by atomic mass is 10.2. The molecule has 1 aliphatic heterocycles. The number of aromatic nitrogens is 2. The molecule has 0 spiro atoms. The van der Waals surface area contributed by atoms with Crippen LogP contribution in [0, 0.1) is 5.82 Å². The van der Waals surface area contributed by atoms with E-state index in [1.165, 1.54) is 51.7 Å². The van der Waals surface area contributed by atoms with E-state index in [0.717, 1.165) is 12.8 Å². The van der Waals surface area contributed by atoms with E-state index in [9.17, 15) is 22.4 Å². The highest BCUT2D eigenvalue weighted by atomic mass is 32.2. The van der Waals surface area contributed by atoms with Crippen molar-refractivity contribution in [1.82, 2.24) is 14.5 Å². The van der Waals surface area contributed by atoms with Crippen molar-refractivity contribution in [2.45, 2.75) is 37.4 Å². The second-order valence-corrected chi connectivity index (χ2v) is 10.5. The van der Waals surface area contributed by atoms with Gasteiger partial charge in [-0.25, -0.2) is 22.6 Å². The molecule has 0 bridgehead atoms. The molecular formula is C21H26FN3O5S2. The number of rotatable bonds is 9. The number of hydrogen-bond acceptors (Lipinski definition) is 7. The summed E-state index contributed by atoms with van der Waals surface area (Å²) in [5, 5.41) is 0.510. The Morgan fingerprint density at radius 2 is 2.03 bits per heavy atom. The van der Waals surface area contributed by atoms with Crippen molar-refractivity contribution >= 4 is 33.5 Å².